The summed E-state index contributed by atoms with van der Waals surface area (Å²) >= 11 is 29.0. The molecule has 0 aliphatic carbocycles. The van der Waals surface area contributed by atoms with Crippen LogP contribution in [0.3, 0.4) is 0 Å². The van der Waals surface area contributed by atoms with Gasteiger partial charge in [0.2, 0.25) is 3.79 Å². The van der Waals surface area contributed by atoms with E-state index in [4.69, 9.17) is 63.4 Å². The van der Waals surface area contributed by atoms with Gasteiger partial charge in [0.25, 0.3) is 5.91 Å². The van der Waals surface area contributed by atoms with Gasteiger partial charge in [-0.25, -0.2) is 0 Å². The molecule has 2 rings (SSSR count). The van der Waals surface area contributed by atoms with E-state index in [1.54, 1.807) is 24.3 Å². The smallest absolute Gasteiger partial charge is 0.252 e. The first-order valence-electron chi connectivity index (χ1n) is 7.03. The molecule has 10 heteroatoms. The molecule has 1 saturated heterocycles. The van der Waals surface area contributed by atoms with Gasteiger partial charge in [0.05, 0.1) is 13.2 Å². The molecule has 2 N–H and O–H groups in total. The Morgan fingerprint density at radius 2 is 1.75 bits per heavy atom. The lowest BCUT2D eigenvalue weighted by Crippen LogP contribution is -2.59. The van der Waals surface area contributed by atoms with Crippen LogP contribution in [0, 0.1) is 0 Å². The second-order valence-corrected chi connectivity index (χ2v) is 8.20. The monoisotopic (exact) mass is 429 g/mol. The van der Waals surface area contributed by atoms with Crippen molar-refractivity contribution in [3.63, 3.8) is 0 Å². The second-order valence-electron chi connectivity index (χ2n) is 5.00. The third-order valence-corrected chi connectivity index (χ3v) is 4.56. The average Bonchev–Trinajstić information content (AvgIpc) is 2.54. The Hall–Kier alpha value is -0.500. The zero-order chi connectivity index (χ0) is 17.7. The van der Waals surface area contributed by atoms with Crippen LogP contribution in [0.2, 0.25) is 5.02 Å². The minimum absolute atomic E-state index is 0.381. The first kappa shape index (κ1) is 19.8. The summed E-state index contributed by atoms with van der Waals surface area (Å²) in [5.41, 5.74) is 0.387. The molecule has 24 heavy (non-hydrogen) atoms. The summed E-state index contributed by atoms with van der Waals surface area (Å²) in [7, 11) is 0. The van der Waals surface area contributed by atoms with Crippen molar-refractivity contribution >= 4 is 69.6 Å². The summed E-state index contributed by atoms with van der Waals surface area (Å²) in [4.78, 5) is 14.2. The molecule has 1 fully saturated rings. The van der Waals surface area contributed by atoms with Crippen molar-refractivity contribution < 1.29 is 9.53 Å². The van der Waals surface area contributed by atoms with Gasteiger partial charge >= 0.3 is 0 Å². The van der Waals surface area contributed by atoms with Crippen molar-refractivity contribution in [1.82, 2.24) is 15.5 Å². The van der Waals surface area contributed by atoms with Gasteiger partial charge < -0.3 is 20.3 Å². The molecule has 0 unspecified atom stereocenters. The van der Waals surface area contributed by atoms with Gasteiger partial charge in [0.15, 0.2) is 5.11 Å². The predicted octanol–water partition coefficient (Wildman–Crippen LogP) is 2.97. The fourth-order valence-corrected chi connectivity index (χ4v) is 2.75. The van der Waals surface area contributed by atoms with Crippen LogP contribution in [0.5, 0.6) is 0 Å². The Morgan fingerprint density at radius 1 is 1.17 bits per heavy atom. The van der Waals surface area contributed by atoms with E-state index in [1.807, 2.05) is 4.90 Å². The summed E-state index contributed by atoms with van der Waals surface area (Å²) < 4.78 is 3.47. The Kier molecular flexibility index (Phi) is 7.22. The molecular weight excluding hydrogens is 416 g/mol. The van der Waals surface area contributed by atoms with Gasteiger partial charge in [0, 0.05) is 23.7 Å². The number of hydrogen-bond donors (Lipinski definition) is 2. The molecule has 1 aliphatic rings. The Labute approximate surface area is 165 Å². The van der Waals surface area contributed by atoms with Crippen molar-refractivity contribution in [2.75, 3.05) is 26.3 Å². The highest BCUT2D eigenvalue weighted by Gasteiger charge is 2.35. The van der Waals surface area contributed by atoms with E-state index in [0.717, 1.165) is 0 Å². The van der Waals surface area contributed by atoms with Crippen molar-refractivity contribution in [1.29, 1.82) is 0 Å². The molecule has 1 amide bonds. The Morgan fingerprint density at radius 3 is 2.29 bits per heavy atom. The molecule has 1 aliphatic heterocycles. The van der Waals surface area contributed by atoms with E-state index >= 15 is 0 Å². The molecular formula is C14H15Cl4N3O2S. The van der Waals surface area contributed by atoms with E-state index in [2.05, 4.69) is 10.6 Å². The third kappa shape index (κ3) is 5.79. The maximum atomic E-state index is 12.3. The minimum atomic E-state index is -1.79. The van der Waals surface area contributed by atoms with Crippen LogP contribution in [0.15, 0.2) is 24.3 Å². The van der Waals surface area contributed by atoms with Gasteiger partial charge in [0.1, 0.15) is 6.17 Å². The predicted molar refractivity (Wildman–Crippen MR) is 101 cm³/mol. The first-order valence-corrected chi connectivity index (χ1v) is 8.96. The van der Waals surface area contributed by atoms with E-state index in [0.29, 0.717) is 42.0 Å². The summed E-state index contributed by atoms with van der Waals surface area (Å²) in [5, 5.41) is 6.42. The number of hydrogen-bond acceptors (Lipinski definition) is 3. The zero-order valence-electron chi connectivity index (χ0n) is 12.4. The van der Waals surface area contributed by atoms with E-state index in [1.165, 1.54) is 0 Å². The van der Waals surface area contributed by atoms with Gasteiger partial charge in [-0.2, -0.15) is 0 Å². The highest BCUT2D eigenvalue weighted by Crippen LogP contribution is 2.29. The maximum absolute atomic E-state index is 12.3. The van der Waals surface area contributed by atoms with Crippen LogP contribution in [0.4, 0.5) is 0 Å². The lowest BCUT2D eigenvalue weighted by atomic mass is 10.2. The number of benzene rings is 1. The SMILES string of the molecule is O=C(N[C@@H](NC(=S)N1CCOCC1)C(Cl)(Cl)Cl)c1ccc(Cl)cc1. The number of carbonyl (C=O) groups excluding carboxylic acids is 1. The largest absolute Gasteiger partial charge is 0.378 e. The number of ether oxygens (including phenoxy) is 1. The summed E-state index contributed by atoms with van der Waals surface area (Å²) in [6, 6.07) is 6.36. The Bertz CT molecular complexity index is 589. The molecule has 5 nitrogen and oxygen atoms in total. The summed E-state index contributed by atoms with van der Waals surface area (Å²) in [6.45, 7) is 2.39. The zero-order valence-corrected chi connectivity index (χ0v) is 16.2. The number of nitrogens with one attached hydrogen (secondary N) is 2. The van der Waals surface area contributed by atoms with Crippen LogP contribution >= 0.6 is 58.6 Å². The van der Waals surface area contributed by atoms with Gasteiger partial charge in [-0.15, -0.1) is 0 Å². The summed E-state index contributed by atoms with van der Waals surface area (Å²) in [5.74, 6) is -0.416. The Balaban J connectivity index is 2.03. The minimum Gasteiger partial charge on any atom is -0.378 e. The molecule has 0 saturated carbocycles. The van der Waals surface area contributed by atoms with Crippen molar-refractivity contribution in [2.45, 2.75) is 9.96 Å². The van der Waals surface area contributed by atoms with Crippen LogP contribution in [0.1, 0.15) is 10.4 Å². The molecule has 0 radical (unpaired) electrons. The topological polar surface area (TPSA) is 53.6 Å². The first-order chi connectivity index (χ1) is 11.3. The maximum Gasteiger partial charge on any atom is 0.252 e. The molecule has 0 aromatic heterocycles. The van der Waals surface area contributed by atoms with Crippen molar-refractivity contribution in [3.8, 4) is 0 Å². The van der Waals surface area contributed by atoms with Crippen molar-refractivity contribution in [2.24, 2.45) is 0 Å². The number of alkyl halides is 3. The number of nitrogens with zero attached hydrogens (tertiary/aromatic N) is 1. The lowest BCUT2D eigenvalue weighted by molar-refractivity contribution is 0.0671. The van der Waals surface area contributed by atoms with E-state index in [9.17, 15) is 4.79 Å². The van der Waals surface area contributed by atoms with Crippen LogP contribution in [-0.2, 0) is 4.74 Å². The normalized spacial score (nSPS) is 16.4. The standard InChI is InChI=1S/C14H15Cl4N3O2S/c15-10-3-1-9(2-4-10)11(22)19-12(14(16,17)18)20-13(24)21-5-7-23-8-6-21/h1-4,12H,5-8H2,(H,19,22)(H,20,24)/t12-/m0/s1. The molecule has 1 aromatic rings. The number of halogens is 4. The van der Waals surface area contributed by atoms with Gasteiger partial charge in [-0.05, 0) is 36.5 Å². The fraction of sp³-hybridized carbons (Fsp3) is 0.429. The molecule has 1 aromatic carbocycles. The number of rotatable bonds is 3. The van der Waals surface area contributed by atoms with Crippen LogP contribution in [0.25, 0.3) is 0 Å². The van der Waals surface area contributed by atoms with E-state index < -0.39 is 15.9 Å². The highest BCUT2D eigenvalue weighted by molar-refractivity contribution is 7.80. The number of carbonyl (C=O) groups is 1. The van der Waals surface area contributed by atoms with Gasteiger partial charge in [-0.1, -0.05) is 46.4 Å². The third-order valence-electron chi connectivity index (χ3n) is 3.28. The van der Waals surface area contributed by atoms with Crippen LogP contribution in [-0.4, -0.2) is 52.2 Å². The van der Waals surface area contributed by atoms with Crippen LogP contribution < -0.4 is 10.6 Å². The molecule has 0 bridgehead atoms. The fourth-order valence-electron chi connectivity index (χ4n) is 2.00. The number of morpholine rings is 1. The molecule has 1 atom stereocenters. The number of amides is 1. The average molecular weight is 431 g/mol. The highest BCUT2D eigenvalue weighted by atomic mass is 35.6. The lowest BCUT2D eigenvalue weighted by Gasteiger charge is -2.34. The molecule has 132 valence electrons. The molecule has 1 heterocycles. The number of thiocarbonyl (C=S) groups is 1. The quantitative estimate of drug-likeness (QED) is 0.438. The molecule has 0 spiro atoms. The van der Waals surface area contributed by atoms with Crippen molar-refractivity contribution in [3.05, 3.63) is 34.9 Å². The second kappa shape index (κ2) is 8.74. The van der Waals surface area contributed by atoms with Gasteiger partial charge in [-0.3, -0.25) is 4.79 Å². The van der Waals surface area contributed by atoms with E-state index in [-0.39, 0.29) is 0 Å². The summed E-state index contributed by atoms with van der Waals surface area (Å²) in [6.07, 6.45) is -0.999.